The van der Waals surface area contributed by atoms with E-state index in [1.807, 2.05) is 0 Å². The van der Waals surface area contributed by atoms with Crippen molar-refractivity contribution < 1.29 is 23.5 Å². The Kier molecular flexibility index (Phi) is 2.60. The van der Waals surface area contributed by atoms with Crippen molar-refractivity contribution in [2.45, 2.75) is 0 Å². The summed E-state index contributed by atoms with van der Waals surface area (Å²) in [6.45, 7) is 0. The summed E-state index contributed by atoms with van der Waals surface area (Å²) in [5, 5.41) is 9.93. The van der Waals surface area contributed by atoms with E-state index in [4.69, 9.17) is 9.31 Å². The Balaban J connectivity index is 2.63. The van der Waals surface area contributed by atoms with Crippen molar-refractivity contribution in [3.8, 4) is 11.5 Å². The van der Waals surface area contributed by atoms with Gasteiger partial charge in [0, 0.05) is 22.1 Å². The predicted octanol–water partition coefficient (Wildman–Crippen LogP) is 1.53. The van der Waals surface area contributed by atoms with E-state index in [-0.39, 0.29) is 17.1 Å². The van der Waals surface area contributed by atoms with Gasteiger partial charge in [-0.05, 0) is 12.1 Å². The Morgan fingerprint density at radius 3 is 2.75 bits per heavy atom. The first-order valence-electron chi connectivity index (χ1n) is 4.17. The molecule has 0 aliphatic rings. The molecule has 2 aromatic rings. The largest absolute Gasteiger partial charge is 0.747 e. The number of benzene rings is 1. The first-order valence-corrected chi connectivity index (χ1v) is 5.30. The van der Waals surface area contributed by atoms with E-state index in [2.05, 4.69) is 4.52 Å². The molecule has 1 atom stereocenters. The summed E-state index contributed by atoms with van der Waals surface area (Å²) in [5.41, 5.74) is -0.394. The van der Waals surface area contributed by atoms with Crippen LogP contribution in [0.3, 0.4) is 0 Å². The maximum atomic E-state index is 10.9. The van der Waals surface area contributed by atoms with E-state index in [1.165, 1.54) is 24.3 Å². The Morgan fingerprint density at radius 1 is 1.31 bits per heavy atom. The van der Waals surface area contributed by atoms with Gasteiger partial charge in [0.15, 0.2) is 5.75 Å². The van der Waals surface area contributed by atoms with E-state index in [9.17, 15) is 14.5 Å². The van der Waals surface area contributed by atoms with Crippen LogP contribution in [0, 0.1) is 0 Å². The molecule has 0 bridgehead atoms. The van der Waals surface area contributed by atoms with Crippen molar-refractivity contribution in [1.82, 2.24) is 0 Å². The molecule has 1 heterocycles. The molecule has 0 aliphatic carbocycles. The van der Waals surface area contributed by atoms with Crippen molar-refractivity contribution in [3.05, 3.63) is 34.7 Å². The number of phenolic OH excluding ortho intramolecular Hbond substituents is 1. The lowest BCUT2D eigenvalue weighted by Crippen LogP contribution is -1.94. The average molecular weight is 241 g/mol. The molecule has 7 heteroatoms. The van der Waals surface area contributed by atoms with Crippen molar-refractivity contribution in [2.75, 3.05) is 0 Å². The van der Waals surface area contributed by atoms with Crippen LogP contribution >= 0.6 is 8.25 Å². The minimum absolute atomic E-state index is 0.164. The van der Waals surface area contributed by atoms with Crippen molar-refractivity contribution in [2.24, 2.45) is 0 Å². The van der Waals surface area contributed by atoms with Crippen LogP contribution in [0.25, 0.3) is 11.0 Å². The molecule has 0 fully saturated rings. The van der Waals surface area contributed by atoms with Crippen LogP contribution in [-0.2, 0) is 4.57 Å². The highest BCUT2D eigenvalue weighted by Gasteiger charge is 2.19. The lowest BCUT2D eigenvalue weighted by atomic mass is 10.2. The van der Waals surface area contributed by atoms with E-state index < -0.39 is 13.9 Å². The van der Waals surface area contributed by atoms with Crippen molar-refractivity contribution >= 4 is 19.2 Å². The lowest BCUT2D eigenvalue weighted by Gasteiger charge is -1.99. The Labute approximate surface area is 89.7 Å². The van der Waals surface area contributed by atoms with Gasteiger partial charge in [0.1, 0.15) is 5.58 Å². The SMILES string of the molecule is O=c1ccc2cc(O)c(O[P+](=O)O)cc2o1. The molecule has 1 aromatic heterocycles. The highest BCUT2D eigenvalue weighted by Crippen LogP contribution is 2.35. The molecule has 0 amide bonds. The molecule has 16 heavy (non-hydrogen) atoms. The maximum Gasteiger partial charge on any atom is 0.747 e. The molecule has 0 aliphatic heterocycles. The zero-order valence-corrected chi connectivity index (χ0v) is 8.68. The summed E-state index contributed by atoms with van der Waals surface area (Å²) < 4.78 is 19.7. The van der Waals surface area contributed by atoms with Gasteiger partial charge < -0.3 is 9.52 Å². The summed E-state index contributed by atoms with van der Waals surface area (Å²) >= 11 is 0. The van der Waals surface area contributed by atoms with Gasteiger partial charge >= 0.3 is 13.9 Å². The average Bonchev–Trinajstić information content (AvgIpc) is 2.19. The third-order valence-corrected chi connectivity index (χ3v) is 2.23. The maximum absolute atomic E-state index is 10.9. The second-order valence-electron chi connectivity index (χ2n) is 2.94. The Morgan fingerprint density at radius 2 is 2.06 bits per heavy atom. The van der Waals surface area contributed by atoms with Gasteiger partial charge in [-0.15, -0.1) is 4.89 Å². The number of rotatable bonds is 2. The fraction of sp³-hybridized carbons (Fsp3) is 0. The van der Waals surface area contributed by atoms with Gasteiger partial charge in [0.05, 0.1) is 0 Å². The molecule has 0 spiro atoms. The molecule has 1 aromatic carbocycles. The standard InChI is InChI=1S/C9H5O6P/c10-6-3-5-1-2-9(11)14-7(5)4-8(6)15-16(12)13/h1-4H,(H-,10,12,13)/p+1. The molecule has 0 saturated heterocycles. The van der Waals surface area contributed by atoms with Crippen molar-refractivity contribution in [1.29, 1.82) is 0 Å². The molecule has 0 saturated carbocycles. The van der Waals surface area contributed by atoms with E-state index >= 15 is 0 Å². The van der Waals surface area contributed by atoms with Crippen LogP contribution in [0.5, 0.6) is 11.5 Å². The normalized spacial score (nSPS) is 11.4. The third kappa shape index (κ3) is 2.03. The molecule has 0 radical (unpaired) electrons. The summed E-state index contributed by atoms with van der Waals surface area (Å²) in [6.07, 6.45) is 0. The van der Waals surface area contributed by atoms with E-state index in [0.29, 0.717) is 5.39 Å². The molecule has 2 N–H and O–H groups in total. The molecule has 6 nitrogen and oxygen atoms in total. The van der Waals surface area contributed by atoms with Gasteiger partial charge in [-0.1, -0.05) is 0 Å². The first kappa shape index (κ1) is 10.6. The first-order chi connectivity index (χ1) is 7.56. The van der Waals surface area contributed by atoms with Crippen LogP contribution < -0.4 is 10.1 Å². The predicted molar refractivity (Wildman–Crippen MR) is 54.6 cm³/mol. The van der Waals surface area contributed by atoms with E-state index in [1.54, 1.807) is 0 Å². The summed E-state index contributed by atoms with van der Waals surface area (Å²) in [4.78, 5) is 19.5. The quantitative estimate of drug-likeness (QED) is 0.611. The summed E-state index contributed by atoms with van der Waals surface area (Å²) in [5.74, 6) is -0.524. The zero-order valence-electron chi connectivity index (χ0n) is 7.78. The second kappa shape index (κ2) is 3.92. The summed E-state index contributed by atoms with van der Waals surface area (Å²) in [6, 6.07) is 5.11. The number of hydrogen-bond donors (Lipinski definition) is 2. The van der Waals surface area contributed by atoms with E-state index in [0.717, 1.165) is 0 Å². The molecule has 82 valence electrons. The minimum atomic E-state index is -2.89. The highest BCUT2D eigenvalue weighted by atomic mass is 31.1. The highest BCUT2D eigenvalue weighted by molar-refractivity contribution is 7.32. The minimum Gasteiger partial charge on any atom is -0.504 e. The smallest absolute Gasteiger partial charge is 0.504 e. The molecular formula is C9H6O6P+. The molecule has 2 rings (SSSR count). The van der Waals surface area contributed by atoms with Gasteiger partial charge in [0.2, 0.25) is 5.75 Å². The van der Waals surface area contributed by atoms with Crippen LogP contribution in [-0.4, -0.2) is 10.00 Å². The molecular weight excluding hydrogens is 235 g/mol. The van der Waals surface area contributed by atoms with Crippen LogP contribution in [0.2, 0.25) is 0 Å². The Hall–Kier alpha value is -1.91. The zero-order chi connectivity index (χ0) is 11.7. The molecule has 1 unspecified atom stereocenters. The number of hydrogen-bond acceptors (Lipinski definition) is 5. The van der Waals surface area contributed by atoms with Crippen LogP contribution in [0.1, 0.15) is 0 Å². The summed E-state index contributed by atoms with van der Waals surface area (Å²) in [7, 11) is -2.89. The fourth-order valence-electron chi connectivity index (χ4n) is 1.24. The van der Waals surface area contributed by atoms with Crippen LogP contribution in [0.15, 0.2) is 33.5 Å². The number of phenols is 1. The Bertz CT molecular complexity index is 617. The van der Waals surface area contributed by atoms with Gasteiger partial charge in [0.25, 0.3) is 0 Å². The van der Waals surface area contributed by atoms with Gasteiger partial charge in [-0.2, -0.15) is 0 Å². The van der Waals surface area contributed by atoms with Gasteiger partial charge in [-0.25, -0.2) is 9.32 Å². The van der Waals surface area contributed by atoms with Gasteiger partial charge in [-0.3, -0.25) is 0 Å². The lowest BCUT2D eigenvalue weighted by molar-refractivity contribution is 0.389. The number of fused-ring (bicyclic) bond motifs is 1. The second-order valence-corrected chi connectivity index (χ2v) is 3.60. The van der Waals surface area contributed by atoms with Crippen molar-refractivity contribution in [3.63, 3.8) is 0 Å². The topological polar surface area (TPSA) is 97.0 Å². The number of aromatic hydroxyl groups is 1. The van der Waals surface area contributed by atoms with Crippen LogP contribution in [0.4, 0.5) is 0 Å². The fourth-order valence-corrected chi connectivity index (χ4v) is 1.56. The monoisotopic (exact) mass is 241 g/mol. The third-order valence-electron chi connectivity index (χ3n) is 1.88.